The zero-order chi connectivity index (χ0) is 18.9. The van der Waals surface area contributed by atoms with E-state index >= 15 is 0 Å². The molecule has 1 saturated heterocycles. The van der Waals surface area contributed by atoms with Crippen molar-refractivity contribution in [1.29, 1.82) is 0 Å². The summed E-state index contributed by atoms with van der Waals surface area (Å²) in [6.45, 7) is 0.951. The normalized spacial score (nSPS) is 15.9. The van der Waals surface area contributed by atoms with E-state index < -0.39 is 10.0 Å². The Balaban J connectivity index is 1.72. The summed E-state index contributed by atoms with van der Waals surface area (Å²) in [5.41, 5.74) is 0.313. The Morgan fingerprint density at radius 2 is 1.50 bits per heavy atom. The Bertz CT molecular complexity index is 925. The van der Waals surface area contributed by atoms with Crippen molar-refractivity contribution in [2.45, 2.75) is 4.90 Å². The van der Waals surface area contributed by atoms with Crippen LogP contribution in [0.2, 0.25) is 15.1 Å². The lowest BCUT2D eigenvalue weighted by Gasteiger charge is -2.34. The molecule has 1 aliphatic heterocycles. The van der Waals surface area contributed by atoms with Crippen LogP contribution in [0.25, 0.3) is 0 Å². The van der Waals surface area contributed by atoms with E-state index in [2.05, 4.69) is 0 Å². The molecule has 2 aromatic carbocycles. The lowest BCUT2D eigenvalue weighted by Crippen LogP contribution is -2.50. The first-order valence-corrected chi connectivity index (χ1v) is 10.4. The van der Waals surface area contributed by atoms with Crippen molar-refractivity contribution < 1.29 is 13.2 Å². The maximum atomic E-state index is 12.7. The first kappa shape index (κ1) is 19.5. The van der Waals surface area contributed by atoms with Crippen LogP contribution in [0.3, 0.4) is 0 Å². The molecule has 26 heavy (non-hydrogen) atoms. The van der Waals surface area contributed by atoms with Gasteiger partial charge in [0, 0.05) is 31.2 Å². The molecule has 0 aromatic heterocycles. The molecule has 138 valence electrons. The van der Waals surface area contributed by atoms with E-state index in [1.54, 1.807) is 23.1 Å². The maximum Gasteiger partial charge on any atom is 0.255 e. The predicted octanol–water partition coefficient (Wildman–Crippen LogP) is 3.79. The van der Waals surface area contributed by atoms with Gasteiger partial charge in [0.2, 0.25) is 10.0 Å². The van der Waals surface area contributed by atoms with E-state index in [0.717, 1.165) is 0 Å². The molecule has 1 fully saturated rings. The van der Waals surface area contributed by atoms with Gasteiger partial charge in [-0.1, -0.05) is 40.9 Å². The third-order valence-corrected chi connectivity index (χ3v) is 7.14. The average Bonchev–Trinajstić information content (AvgIpc) is 2.64. The molecule has 0 bridgehead atoms. The number of halogens is 3. The molecule has 0 radical (unpaired) electrons. The van der Waals surface area contributed by atoms with Crippen molar-refractivity contribution in [2.75, 3.05) is 26.2 Å². The molecule has 0 atom stereocenters. The van der Waals surface area contributed by atoms with E-state index in [-0.39, 0.29) is 42.0 Å². The molecule has 0 aliphatic carbocycles. The number of carbonyl (C=O) groups excluding carboxylic acids is 1. The van der Waals surface area contributed by atoms with Crippen LogP contribution in [-0.2, 0) is 10.0 Å². The van der Waals surface area contributed by atoms with Crippen molar-refractivity contribution in [1.82, 2.24) is 9.21 Å². The molecule has 3 rings (SSSR count). The van der Waals surface area contributed by atoms with Gasteiger partial charge in [-0.05, 0) is 36.4 Å². The van der Waals surface area contributed by atoms with Crippen LogP contribution < -0.4 is 0 Å². The highest BCUT2D eigenvalue weighted by atomic mass is 35.5. The quantitative estimate of drug-likeness (QED) is 0.740. The SMILES string of the molecule is O=C(c1cccc(Cl)c1Cl)N1CCN(S(=O)(=O)c2ccc(Cl)cc2)CC1. The van der Waals surface area contributed by atoms with Gasteiger partial charge in [-0.25, -0.2) is 8.42 Å². The second-order valence-corrected chi connectivity index (χ2v) is 8.91. The Labute approximate surface area is 167 Å². The van der Waals surface area contributed by atoms with Gasteiger partial charge >= 0.3 is 0 Å². The number of carbonyl (C=O) groups is 1. The summed E-state index contributed by atoms with van der Waals surface area (Å²) in [5, 5.41) is 0.981. The van der Waals surface area contributed by atoms with Gasteiger partial charge in [0.05, 0.1) is 20.5 Å². The zero-order valence-corrected chi connectivity index (χ0v) is 16.6. The van der Waals surface area contributed by atoms with Crippen LogP contribution in [-0.4, -0.2) is 49.7 Å². The molecule has 1 amide bonds. The molecule has 2 aromatic rings. The van der Waals surface area contributed by atoms with E-state index in [9.17, 15) is 13.2 Å². The van der Waals surface area contributed by atoms with Gasteiger partial charge in [-0.3, -0.25) is 4.79 Å². The zero-order valence-electron chi connectivity index (χ0n) is 13.5. The van der Waals surface area contributed by atoms with Gasteiger partial charge in [-0.2, -0.15) is 4.31 Å². The van der Waals surface area contributed by atoms with E-state index in [1.807, 2.05) is 0 Å². The summed E-state index contributed by atoms with van der Waals surface area (Å²) in [6.07, 6.45) is 0. The number of hydrogen-bond donors (Lipinski definition) is 0. The predicted molar refractivity (Wildman–Crippen MR) is 103 cm³/mol. The maximum absolute atomic E-state index is 12.7. The number of sulfonamides is 1. The van der Waals surface area contributed by atoms with E-state index in [1.165, 1.54) is 28.6 Å². The second-order valence-electron chi connectivity index (χ2n) is 5.75. The minimum absolute atomic E-state index is 0.180. The van der Waals surface area contributed by atoms with Crippen LogP contribution >= 0.6 is 34.8 Å². The second kappa shape index (κ2) is 7.74. The summed E-state index contributed by atoms with van der Waals surface area (Å²) < 4.78 is 26.7. The van der Waals surface area contributed by atoms with Crippen molar-refractivity contribution >= 4 is 50.7 Å². The number of benzene rings is 2. The Morgan fingerprint density at radius 3 is 2.12 bits per heavy atom. The summed E-state index contributed by atoms with van der Waals surface area (Å²) >= 11 is 17.9. The molecule has 1 heterocycles. The molecule has 0 saturated carbocycles. The van der Waals surface area contributed by atoms with Crippen molar-refractivity contribution in [2.24, 2.45) is 0 Å². The molecule has 0 spiro atoms. The van der Waals surface area contributed by atoms with Crippen LogP contribution in [0.15, 0.2) is 47.4 Å². The number of rotatable bonds is 3. The van der Waals surface area contributed by atoms with Crippen LogP contribution in [0.1, 0.15) is 10.4 Å². The van der Waals surface area contributed by atoms with E-state index in [4.69, 9.17) is 34.8 Å². The minimum atomic E-state index is -3.62. The monoisotopic (exact) mass is 432 g/mol. The lowest BCUT2D eigenvalue weighted by atomic mass is 10.2. The molecular formula is C17H15Cl3N2O3S. The number of hydrogen-bond acceptors (Lipinski definition) is 3. The topological polar surface area (TPSA) is 57.7 Å². The van der Waals surface area contributed by atoms with Crippen molar-refractivity contribution in [3.8, 4) is 0 Å². The number of amides is 1. The standard InChI is InChI=1S/C17H15Cl3N2O3S/c18-12-4-6-13(7-5-12)26(24,25)22-10-8-21(9-11-22)17(23)14-2-1-3-15(19)16(14)20/h1-7H,8-11H2. The van der Waals surface area contributed by atoms with Gasteiger partial charge < -0.3 is 4.90 Å². The highest BCUT2D eigenvalue weighted by Crippen LogP contribution is 2.27. The fourth-order valence-electron chi connectivity index (χ4n) is 2.73. The Hall–Kier alpha value is -1.31. The molecule has 5 nitrogen and oxygen atoms in total. The summed E-state index contributed by atoms with van der Waals surface area (Å²) in [4.78, 5) is 14.4. The minimum Gasteiger partial charge on any atom is -0.336 e. The Kier molecular flexibility index (Phi) is 5.79. The highest BCUT2D eigenvalue weighted by Gasteiger charge is 2.31. The number of nitrogens with zero attached hydrogens (tertiary/aromatic N) is 2. The molecular weight excluding hydrogens is 419 g/mol. The fourth-order valence-corrected chi connectivity index (χ4v) is 4.66. The third kappa shape index (κ3) is 3.85. The summed E-state index contributed by atoms with van der Waals surface area (Å²) in [5.74, 6) is -0.263. The average molecular weight is 434 g/mol. The van der Waals surface area contributed by atoms with Gasteiger partial charge in [0.15, 0.2) is 0 Å². The van der Waals surface area contributed by atoms with Gasteiger partial charge in [0.1, 0.15) is 0 Å². The molecule has 9 heteroatoms. The summed E-state index contributed by atoms with van der Waals surface area (Å²) in [7, 11) is -3.62. The first-order chi connectivity index (χ1) is 12.3. The van der Waals surface area contributed by atoms with Gasteiger partial charge in [-0.15, -0.1) is 0 Å². The van der Waals surface area contributed by atoms with Crippen LogP contribution in [0.4, 0.5) is 0 Å². The summed E-state index contributed by atoms with van der Waals surface area (Å²) in [6, 6.07) is 10.9. The first-order valence-electron chi connectivity index (χ1n) is 7.80. The fraction of sp³-hybridized carbons (Fsp3) is 0.235. The third-order valence-electron chi connectivity index (χ3n) is 4.16. The van der Waals surface area contributed by atoms with Crippen molar-refractivity contribution in [3.05, 3.63) is 63.1 Å². The highest BCUT2D eigenvalue weighted by molar-refractivity contribution is 7.89. The largest absolute Gasteiger partial charge is 0.336 e. The van der Waals surface area contributed by atoms with Crippen LogP contribution in [0, 0.1) is 0 Å². The Morgan fingerprint density at radius 1 is 0.885 bits per heavy atom. The molecule has 1 aliphatic rings. The lowest BCUT2D eigenvalue weighted by molar-refractivity contribution is 0.0698. The molecule has 0 unspecified atom stereocenters. The molecule has 0 N–H and O–H groups in total. The number of piperazine rings is 1. The smallest absolute Gasteiger partial charge is 0.255 e. The van der Waals surface area contributed by atoms with E-state index in [0.29, 0.717) is 15.6 Å². The van der Waals surface area contributed by atoms with Gasteiger partial charge in [0.25, 0.3) is 5.91 Å². The van der Waals surface area contributed by atoms with Crippen molar-refractivity contribution in [3.63, 3.8) is 0 Å². The van der Waals surface area contributed by atoms with Crippen LogP contribution in [0.5, 0.6) is 0 Å².